The van der Waals surface area contributed by atoms with Crippen molar-refractivity contribution in [3.05, 3.63) is 22.2 Å². The van der Waals surface area contributed by atoms with Gasteiger partial charge in [0.15, 0.2) is 0 Å². The van der Waals surface area contributed by atoms with Gasteiger partial charge in [-0.2, -0.15) is 0 Å². The number of anilines is 1. The lowest BCUT2D eigenvalue weighted by atomic mass is 9.98. The fourth-order valence-electron chi connectivity index (χ4n) is 2.11. The number of nitrogens with one attached hydrogen (secondary N) is 1. The maximum absolute atomic E-state index is 11.3. The predicted molar refractivity (Wildman–Crippen MR) is 62.2 cm³/mol. The third-order valence-corrected chi connectivity index (χ3v) is 2.94. The van der Waals surface area contributed by atoms with Crippen LogP contribution in [0.15, 0.2) is 10.9 Å². The Bertz CT molecular complexity index is 483. The Morgan fingerprint density at radius 3 is 3.06 bits per heavy atom. The van der Waals surface area contributed by atoms with Gasteiger partial charge in [0.25, 0.3) is 5.56 Å². The highest BCUT2D eigenvalue weighted by Crippen LogP contribution is 2.20. The summed E-state index contributed by atoms with van der Waals surface area (Å²) < 4.78 is 0. The van der Waals surface area contributed by atoms with E-state index < -0.39 is 5.97 Å². The van der Waals surface area contributed by atoms with Crippen molar-refractivity contribution in [1.82, 2.24) is 9.97 Å². The van der Waals surface area contributed by atoms with E-state index in [1.807, 2.05) is 4.90 Å². The highest BCUT2D eigenvalue weighted by atomic mass is 16.4. The fraction of sp³-hybridized carbons (Fsp3) is 0.545. The summed E-state index contributed by atoms with van der Waals surface area (Å²) >= 11 is 0. The first-order valence-corrected chi connectivity index (χ1v) is 5.62. The minimum absolute atomic E-state index is 0.204. The fourth-order valence-corrected chi connectivity index (χ4v) is 2.11. The first-order valence-electron chi connectivity index (χ1n) is 5.62. The van der Waals surface area contributed by atoms with Crippen molar-refractivity contribution in [2.75, 3.05) is 18.0 Å². The van der Waals surface area contributed by atoms with Crippen molar-refractivity contribution in [2.45, 2.75) is 19.8 Å². The number of aliphatic carboxylic acids is 1. The van der Waals surface area contributed by atoms with E-state index in [9.17, 15) is 9.59 Å². The summed E-state index contributed by atoms with van der Waals surface area (Å²) in [5, 5.41) is 9.00. The second kappa shape index (κ2) is 4.57. The summed E-state index contributed by atoms with van der Waals surface area (Å²) in [6.07, 6.45) is 1.50. The van der Waals surface area contributed by atoms with Gasteiger partial charge in [-0.3, -0.25) is 9.59 Å². The number of H-pyrrole nitrogens is 1. The Balaban J connectivity index is 2.21. The van der Waals surface area contributed by atoms with Gasteiger partial charge in [0.05, 0.1) is 5.92 Å². The zero-order chi connectivity index (χ0) is 12.4. The molecule has 0 amide bonds. The maximum Gasteiger partial charge on any atom is 0.308 e. The Kier molecular flexibility index (Phi) is 3.12. The van der Waals surface area contributed by atoms with E-state index in [-0.39, 0.29) is 11.5 Å². The molecule has 2 rings (SSSR count). The third-order valence-electron chi connectivity index (χ3n) is 2.94. The van der Waals surface area contributed by atoms with Crippen LogP contribution in [0.4, 0.5) is 5.82 Å². The SMILES string of the molecule is Cc1nc(N2CCCC(C(=O)O)C2)cc(=O)[nH]1. The van der Waals surface area contributed by atoms with E-state index in [2.05, 4.69) is 9.97 Å². The summed E-state index contributed by atoms with van der Waals surface area (Å²) in [5.74, 6) is -0.0384. The molecule has 0 bridgehead atoms. The molecule has 92 valence electrons. The van der Waals surface area contributed by atoms with Crippen LogP contribution in [0.5, 0.6) is 0 Å². The van der Waals surface area contributed by atoms with Gasteiger partial charge in [0, 0.05) is 19.2 Å². The molecule has 2 N–H and O–H groups in total. The lowest BCUT2D eigenvalue weighted by molar-refractivity contribution is -0.141. The maximum atomic E-state index is 11.3. The van der Waals surface area contributed by atoms with Gasteiger partial charge in [-0.1, -0.05) is 0 Å². The van der Waals surface area contributed by atoms with E-state index in [4.69, 9.17) is 5.11 Å². The lowest BCUT2D eigenvalue weighted by Crippen LogP contribution is -2.39. The molecule has 1 unspecified atom stereocenters. The van der Waals surface area contributed by atoms with Crippen LogP contribution in [0.2, 0.25) is 0 Å². The van der Waals surface area contributed by atoms with Crippen molar-refractivity contribution in [3.8, 4) is 0 Å². The molecule has 2 heterocycles. The van der Waals surface area contributed by atoms with Crippen molar-refractivity contribution in [3.63, 3.8) is 0 Å². The predicted octanol–water partition coefficient (Wildman–Crippen LogP) is 0.379. The topological polar surface area (TPSA) is 86.3 Å². The van der Waals surface area contributed by atoms with E-state index in [1.165, 1.54) is 6.07 Å². The van der Waals surface area contributed by atoms with Crippen LogP contribution in [-0.4, -0.2) is 34.1 Å². The van der Waals surface area contributed by atoms with Gasteiger partial charge in [-0.05, 0) is 19.8 Å². The minimum atomic E-state index is -0.781. The Morgan fingerprint density at radius 1 is 1.65 bits per heavy atom. The average molecular weight is 237 g/mol. The molecular weight excluding hydrogens is 222 g/mol. The van der Waals surface area contributed by atoms with Crippen molar-refractivity contribution < 1.29 is 9.90 Å². The number of carbonyl (C=O) groups is 1. The number of carboxylic acid groups (broad SMARTS) is 1. The molecule has 0 aromatic carbocycles. The van der Waals surface area contributed by atoms with Crippen LogP contribution in [0.1, 0.15) is 18.7 Å². The molecule has 0 spiro atoms. The van der Waals surface area contributed by atoms with Gasteiger partial charge >= 0.3 is 5.97 Å². The minimum Gasteiger partial charge on any atom is -0.481 e. The Hall–Kier alpha value is -1.85. The van der Waals surface area contributed by atoms with Gasteiger partial charge in [-0.25, -0.2) is 4.98 Å². The smallest absolute Gasteiger partial charge is 0.308 e. The van der Waals surface area contributed by atoms with E-state index in [0.29, 0.717) is 24.6 Å². The normalized spacial score (nSPS) is 20.3. The highest BCUT2D eigenvalue weighted by Gasteiger charge is 2.26. The van der Waals surface area contributed by atoms with E-state index in [0.717, 1.165) is 13.0 Å². The molecule has 1 fully saturated rings. The average Bonchev–Trinajstić information content (AvgIpc) is 2.28. The van der Waals surface area contributed by atoms with Gasteiger partial charge < -0.3 is 15.0 Å². The number of piperidine rings is 1. The molecule has 0 saturated carbocycles. The zero-order valence-corrected chi connectivity index (χ0v) is 9.64. The first-order chi connectivity index (χ1) is 8.06. The summed E-state index contributed by atoms with van der Waals surface area (Å²) in [5.41, 5.74) is -0.204. The van der Waals surface area contributed by atoms with Crippen LogP contribution in [0.3, 0.4) is 0 Å². The molecule has 6 heteroatoms. The highest BCUT2D eigenvalue weighted by molar-refractivity contribution is 5.71. The number of rotatable bonds is 2. The standard InChI is InChI=1S/C11H15N3O3/c1-7-12-9(5-10(15)13-7)14-4-2-3-8(6-14)11(16)17/h5,8H,2-4,6H2,1H3,(H,16,17)(H,12,13,15). The van der Waals surface area contributed by atoms with Crippen LogP contribution >= 0.6 is 0 Å². The molecule has 1 aromatic heterocycles. The third kappa shape index (κ3) is 2.64. The van der Waals surface area contributed by atoms with Gasteiger partial charge in [-0.15, -0.1) is 0 Å². The molecule has 1 aliphatic heterocycles. The van der Waals surface area contributed by atoms with Crippen molar-refractivity contribution >= 4 is 11.8 Å². The number of carboxylic acids is 1. The van der Waals surface area contributed by atoms with E-state index >= 15 is 0 Å². The Labute approximate surface area is 98.3 Å². The van der Waals surface area contributed by atoms with Gasteiger partial charge in [0.2, 0.25) is 0 Å². The number of hydrogen-bond donors (Lipinski definition) is 2. The number of aromatic amines is 1. The first kappa shape index (κ1) is 11.6. The van der Waals surface area contributed by atoms with Crippen LogP contribution in [-0.2, 0) is 4.79 Å². The second-order valence-corrected chi connectivity index (χ2v) is 4.31. The molecule has 0 radical (unpaired) electrons. The number of aromatic nitrogens is 2. The molecule has 1 atom stereocenters. The monoisotopic (exact) mass is 237 g/mol. The van der Waals surface area contributed by atoms with Gasteiger partial charge in [0.1, 0.15) is 11.6 Å². The van der Waals surface area contributed by atoms with Crippen molar-refractivity contribution in [2.24, 2.45) is 5.92 Å². The van der Waals surface area contributed by atoms with Crippen LogP contribution in [0, 0.1) is 12.8 Å². The van der Waals surface area contributed by atoms with Crippen molar-refractivity contribution in [1.29, 1.82) is 0 Å². The molecule has 17 heavy (non-hydrogen) atoms. The molecule has 1 saturated heterocycles. The van der Waals surface area contributed by atoms with Crippen LogP contribution in [0.25, 0.3) is 0 Å². The largest absolute Gasteiger partial charge is 0.481 e. The summed E-state index contributed by atoms with van der Waals surface area (Å²) in [7, 11) is 0. The Morgan fingerprint density at radius 2 is 2.41 bits per heavy atom. The summed E-state index contributed by atoms with van der Waals surface area (Å²) in [4.78, 5) is 30.9. The molecule has 1 aromatic rings. The summed E-state index contributed by atoms with van der Waals surface area (Å²) in [6.45, 7) is 2.88. The zero-order valence-electron chi connectivity index (χ0n) is 9.64. The number of aryl methyl sites for hydroxylation is 1. The number of nitrogens with zero attached hydrogens (tertiary/aromatic N) is 2. The summed E-state index contributed by atoms with van der Waals surface area (Å²) in [6, 6.07) is 1.41. The van der Waals surface area contributed by atoms with Crippen LogP contribution < -0.4 is 10.5 Å². The lowest BCUT2D eigenvalue weighted by Gasteiger charge is -2.31. The number of hydrogen-bond acceptors (Lipinski definition) is 4. The molecule has 0 aliphatic carbocycles. The molecule has 1 aliphatic rings. The molecule has 6 nitrogen and oxygen atoms in total. The second-order valence-electron chi connectivity index (χ2n) is 4.31. The molecular formula is C11H15N3O3. The van der Waals surface area contributed by atoms with E-state index in [1.54, 1.807) is 6.92 Å². The quantitative estimate of drug-likeness (QED) is 0.776.